The summed E-state index contributed by atoms with van der Waals surface area (Å²) < 4.78 is 5.43. The number of hydrogen-bond donors (Lipinski definition) is 1. The minimum absolute atomic E-state index is 0.267. The number of anilines is 2. The molecule has 0 unspecified atom stereocenters. The number of hydrogen-bond acceptors (Lipinski definition) is 5. The highest BCUT2D eigenvalue weighted by Crippen LogP contribution is 2.18. The van der Waals surface area contributed by atoms with Gasteiger partial charge in [0.25, 0.3) is 5.91 Å². The number of nitrogens with zero attached hydrogens (tertiary/aromatic N) is 3. The molecule has 0 saturated heterocycles. The number of rotatable bonds is 8. The lowest BCUT2D eigenvalue weighted by atomic mass is 10.2. The number of ether oxygens (including phenoxy) is 1. The lowest BCUT2D eigenvalue weighted by Gasteiger charge is -2.21. The first kappa shape index (κ1) is 20.3. The molecule has 29 heavy (non-hydrogen) atoms. The van der Waals surface area contributed by atoms with Crippen LogP contribution in [0, 0.1) is 6.92 Å². The zero-order chi connectivity index (χ0) is 20.6. The molecule has 2 aromatic carbocycles. The Bertz CT molecular complexity index is 943. The summed E-state index contributed by atoms with van der Waals surface area (Å²) in [4.78, 5) is 23.9. The van der Waals surface area contributed by atoms with Crippen LogP contribution in [-0.4, -0.2) is 29.0 Å². The second kappa shape index (κ2) is 9.68. The van der Waals surface area contributed by atoms with Gasteiger partial charge >= 0.3 is 0 Å². The maximum absolute atomic E-state index is 12.7. The summed E-state index contributed by atoms with van der Waals surface area (Å²) in [6, 6.07) is 19.1. The fraction of sp³-hybridized carbons (Fsp3) is 0.261. The predicted molar refractivity (Wildman–Crippen MR) is 115 cm³/mol. The molecule has 0 bridgehead atoms. The summed E-state index contributed by atoms with van der Waals surface area (Å²) in [6.45, 7) is 7.87. The number of carbonyl (C=O) groups is 1. The van der Waals surface area contributed by atoms with Gasteiger partial charge in [-0.15, -0.1) is 0 Å². The Morgan fingerprint density at radius 1 is 1.03 bits per heavy atom. The van der Waals surface area contributed by atoms with Gasteiger partial charge in [0.05, 0.1) is 6.61 Å². The molecule has 0 radical (unpaired) electrons. The van der Waals surface area contributed by atoms with Crippen molar-refractivity contribution in [2.75, 3.05) is 23.4 Å². The average molecular weight is 390 g/mol. The van der Waals surface area contributed by atoms with Crippen LogP contribution in [0.15, 0.2) is 60.7 Å². The van der Waals surface area contributed by atoms with Crippen molar-refractivity contribution in [3.05, 3.63) is 77.6 Å². The second-order valence-electron chi connectivity index (χ2n) is 6.61. The van der Waals surface area contributed by atoms with Gasteiger partial charge in [0, 0.05) is 24.5 Å². The lowest BCUT2D eigenvalue weighted by molar-refractivity contribution is 0.102. The van der Waals surface area contributed by atoms with Crippen LogP contribution in [0.4, 0.5) is 11.6 Å². The molecule has 3 rings (SSSR count). The van der Waals surface area contributed by atoms with E-state index in [1.165, 1.54) is 5.56 Å². The first-order valence-corrected chi connectivity index (χ1v) is 9.77. The molecule has 0 spiro atoms. The Hall–Kier alpha value is -3.41. The topological polar surface area (TPSA) is 67.3 Å². The number of aromatic nitrogens is 2. The van der Waals surface area contributed by atoms with E-state index in [9.17, 15) is 4.79 Å². The van der Waals surface area contributed by atoms with Crippen LogP contribution in [0.2, 0.25) is 0 Å². The monoisotopic (exact) mass is 390 g/mol. The van der Waals surface area contributed by atoms with Crippen molar-refractivity contribution in [3.8, 4) is 5.75 Å². The SMILES string of the molecule is CCOc1ccc(NC(=O)c2cc(C)nc(N(CC)Cc3ccccc3)n2)cc1. The number of carbonyl (C=O) groups excluding carboxylic acids is 1. The third-order valence-electron chi connectivity index (χ3n) is 4.38. The molecule has 1 amide bonds. The zero-order valence-corrected chi connectivity index (χ0v) is 17.1. The van der Waals surface area contributed by atoms with Gasteiger partial charge < -0.3 is 15.0 Å². The number of benzene rings is 2. The summed E-state index contributed by atoms with van der Waals surface area (Å²) >= 11 is 0. The molecule has 0 aliphatic rings. The molecule has 0 saturated carbocycles. The van der Waals surface area contributed by atoms with E-state index in [2.05, 4.69) is 32.3 Å². The van der Waals surface area contributed by atoms with Crippen LogP contribution in [0.5, 0.6) is 5.75 Å². The van der Waals surface area contributed by atoms with Gasteiger partial charge in [-0.3, -0.25) is 4.79 Å². The Morgan fingerprint density at radius 3 is 2.41 bits per heavy atom. The van der Waals surface area contributed by atoms with Crippen molar-refractivity contribution >= 4 is 17.5 Å². The first-order valence-electron chi connectivity index (χ1n) is 9.77. The summed E-state index contributed by atoms with van der Waals surface area (Å²) in [7, 11) is 0. The summed E-state index contributed by atoms with van der Waals surface area (Å²) in [5.74, 6) is 1.05. The zero-order valence-electron chi connectivity index (χ0n) is 17.1. The standard InChI is InChI=1S/C23H26N4O2/c1-4-27(16-18-9-7-6-8-10-18)23-24-17(3)15-21(26-23)22(28)25-19-11-13-20(14-12-19)29-5-2/h6-15H,4-5,16H2,1-3H3,(H,25,28). The Balaban J connectivity index is 1.77. The van der Waals surface area contributed by atoms with Crippen LogP contribution in [-0.2, 0) is 6.54 Å². The van der Waals surface area contributed by atoms with Crippen LogP contribution in [0.1, 0.15) is 35.6 Å². The largest absolute Gasteiger partial charge is 0.494 e. The maximum Gasteiger partial charge on any atom is 0.274 e. The normalized spacial score (nSPS) is 10.4. The van der Waals surface area contributed by atoms with Gasteiger partial charge in [0.2, 0.25) is 5.95 Å². The predicted octanol–water partition coefficient (Wildman–Crippen LogP) is 4.46. The lowest BCUT2D eigenvalue weighted by Crippen LogP contribution is -2.26. The fourth-order valence-electron chi connectivity index (χ4n) is 2.93. The maximum atomic E-state index is 12.7. The molecule has 150 valence electrons. The van der Waals surface area contributed by atoms with Gasteiger partial charge in [-0.05, 0) is 56.7 Å². The molecule has 0 aliphatic carbocycles. The van der Waals surface area contributed by atoms with E-state index in [4.69, 9.17) is 4.74 Å². The smallest absolute Gasteiger partial charge is 0.274 e. The van der Waals surface area contributed by atoms with Crippen molar-refractivity contribution in [1.29, 1.82) is 0 Å². The quantitative estimate of drug-likeness (QED) is 0.615. The molecule has 6 heteroatoms. The van der Waals surface area contributed by atoms with Crippen LogP contribution < -0.4 is 15.0 Å². The average Bonchev–Trinajstić information content (AvgIpc) is 2.74. The van der Waals surface area contributed by atoms with Crippen LogP contribution >= 0.6 is 0 Å². The molecule has 0 atom stereocenters. The molecular formula is C23H26N4O2. The number of nitrogens with one attached hydrogen (secondary N) is 1. The summed E-state index contributed by atoms with van der Waals surface area (Å²) in [6.07, 6.45) is 0. The third kappa shape index (κ3) is 5.54. The molecule has 0 aliphatic heterocycles. The van der Waals surface area contributed by atoms with Crippen molar-refractivity contribution in [2.24, 2.45) is 0 Å². The first-order chi connectivity index (χ1) is 14.1. The highest BCUT2D eigenvalue weighted by Gasteiger charge is 2.15. The van der Waals surface area contributed by atoms with E-state index in [0.29, 0.717) is 30.5 Å². The molecule has 6 nitrogen and oxygen atoms in total. The van der Waals surface area contributed by atoms with Crippen LogP contribution in [0.25, 0.3) is 0 Å². The molecular weight excluding hydrogens is 364 g/mol. The van der Waals surface area contributed by atoms with Crippen molar-refractivity contribution in [2.45, 2.75) is 27.3 Å². The molecule has 1 aromatic heterocycles. The minimum Gasteiger partial charge on any atom is -0.494 e. The van der Waals surface area contributed by atoms with E-state index < -0.39 is 0 Å². The van der Waals surface area contributed by atoms with Gasteiger partial charge in [0.1, 0.15) is 11.4 Å². The fourth-order valence-corrected chi connectivity index (χ4v) is 2.93. The Kier molecular flexibility index (Phi) is 6.79. The van der Waals surface area contributed by atoms with Gasteiger partial charge in [0.15, 0.2) is 0 Å². The van der Waals surface area contributed by atoms with Gasteiger partial charge in [-0.1, -0.05) is 30.3 Å². The van der Waals surface area contributed by atoms with Crippen molar-refractivity contribution in [1.82, 2.24) is 9.97 Å². The van der Waals surface area contributed by atoms with Crippen molar-refractivity contribution < 1.29 is 9.53 Å². The molecule has 1 N–H and O–H groups in total. The Labute approximate surface area is 171 Å². The van der Waals surface area contributed by atoms with E-state index in [0.717, 1.165) is 18.0 Å². The number of amides is 1. The number of aryl methyl sites for hydroxylation is 1. The second-order valence-corrected chi connectivity index (χ2v) is 6.61. The molecule has 0 fully saturated rings. The van der Waals surface area contributed by atoms with E-state index in [-0.39, 0.29) is 5.91 Å². The molecule has 1 heterocycles. The minimum atomic E-state index is -0.267. The summed E-state index contributed by atoms with van der Waals surface area (Å²) in [5, 5.41) is 2.89. The highest BCUT2D eigenvalue weighted by molar-refractivity contribution is 6.03. The van der Waals surface area contributed by atoms with Crippen molar-refractivity contribution in [3.63, 3.8) is 0 Å². The van der Waals surface area contributed by atoms with Gasteiger partial charge in [-0.2, -0.15) is 0 Å². The molecule has 3 aromatic rings. The highest BCUT2D eigenvalue weighted by atomic mass is 16.5. The van der Waals surface area contributed by atoms with E-state index >= 15 is 0 Å². The van der Waals surface area contributed by atoms with Gasteiger partial charge in [-0.25, -0.2) is 9.97 Å². The van der Waals surface area contributed by atoms with E-state index in [1.807, 2.05) is 63.2 Å². The van der Waals surface area contributed by atoms with E-state index in [1.54, 1.807) is 6.07 Å². The summed E-state index contributed by atoms with van der Waals surface area (Å²) in [5.41, 5.74) is 2.94. The third-order valence-corrected chi connectivity index (χ3v) is 4.38. The Morgan fingerprint density at radius 2 is 1.76 bits per heavy atom. The van der Waals surface area contributed by atoms with Crippen LogP contribution in [0.3, 0.4) is 0 Å².